The fraction of sp³-hybridized carbons (Fsp3) is 0.391. The summed E-state index contributed by atoms with van der Waals surface area (Å²) in [7, 11) is 0. The first-order valence-corrected chi connectivity index (χ1v) is 10.3. The topological polar surface area (TPSA) is 82.7 Å². The Morgan fingerprint density at radius 2 is 1.73 bits per heavy atom. The second-order valence-electron chi connectivity index (χ2n) is 7.88. The van der Waals surface area contributed by atoms with Crippen LogP contribution in [0.15, 0.2) is 54.6 Å². The molecule has 30 heavy (non-hydrogen) atoms. The summed E-state index contributed by atoms with van der Waals surface area (Å²) in [5, 5.41) is 8.49. The highest BCUT2D eigenvalue weighted by Crippen LogP contribution is 2.13. The van der Waals surface area contributed by atoms with Crippen LogP contribution in [0.5, 0.6) is 0 Å². The van der Waals surface area contributed by atoms with Crippen molar-refractivity contribution in [3.8, 4) is 0 Å². The molecule has 1 atom stereocenters. The third-order valence-corrected chi connectivity index (χ3v) is 4.77. The highest BCUT2D eigenvalue weighted by molar-refractivity contribution is 6.04. The zero-order chi connectivity index (χ0) is 21.3. The van der Waals surface area contributed by atoms with Gasteiger partial charge in [-0.05, 0) is 42.3 Å². The zero-order valence-corrected chi connectivity index (χ0v) is 17.6. The molecule has 0 spiro atoms. The van der Waals surface area contributed by atoms with Crippen molar-refractivity contribution < 1.29 is 14.3 Å². The zero-order valence-electron chi connectivity index (χ0n) is 17.6. The van der Waals surface area contributed by atoms with E-state index in [-0.39, 0.29) is 18.0 Å². The van der Waals surface area contributed by atoms with Gasteiger partial charge in [0.2, 0.25) is 0 Å². The molecule has 7 heteroatoms. The van der Waals surface area contributed by atoms with Crippen LogP contribution in [0, 0.1) is 5.92 Å². The number of hydrogen-bond donors (Lipinski definition) is 3. The highest BCUT2D eigenvalue weighted by Gasteiger charge is 2.21. The van der Waals surface area contributed by atoms with Gasteiger partial charge in [-0.2, -0.15) is 0 Å². The number of carbonyl (C=O) groups excluding carboxylic acids is 2. The van der Waals surface area contributed by atoms with Crippen molar-refractivity contribution in [3.63, 3.8) is 0 Å². The van der Waals surface area contributed by atoms with E-state index in [1.54, 1.807) is 24.3 Å². The van der Waals surface area contributed by atoms with Crippen molar-refractivity contribution in [2.24, 2.45) is 5.92 Å². The van der Waals surface area contributed by atoms with Crippen molar-refractivity contribution in [1.29, 1.82) is 0 Å². The molecule has 0 aliphatic carbocycles. The summed E-state index contributed by atoms with van der Waals surface area (Å²) >= 11 is 0. The molecule has 3 rings (SSSR count). The number of benzene rings is 2. The smallest absolute Gasteiger partial charge is 0.319 e. The molecule has 1 heterocycles. The Morgan fingerprint density at radius 1 is 1.03 bits per heavy atom. The SMILES string of the molecule is CC(C)CN1CCOC(CNC(=O)Nc2ccc(C(=O)Nc3ccccc3)cc2)C1. The van der Waals surface area contributed by atoms with Gasteiger partial charge in [0.15, 0.2) is 0 Å². The van der Waals surface area contributed by atoms with Crippen molar-refractivity contribution in [2.75, 3.05) is 43.4 Å². The van der Waals surface area contributed by atoms with Gasteiger partial charge in [-0.25, -0.2) is 4.79 Å². The molecule has 3 amide bonds. The predicted octanol–water partition coefficient (Wildman–Crippen LogP) is 3.42. The molecule has 0 aromatic heterocycles. The third-order valence-electron chi connectivity index (χ3n) is 4.77. The maximum atomic E-state index is 12.3. The number of carbonyl (C=O) groups is 2. The van der Waals surface area contributed by atoms with Crippen LogP contribution >= 0.6 is 0 Å². The molecule has 1 aliphatic heterocycles. The average Bonchev–Trinajstić information content (AvgIpc) is 2.73. The Bertz CT molecular complexity index is 824. The average molecular weight is 411 g/mol. The monoisotopic (exact) mass is 410 g/mol. The van der Waals surface area contributed by atoms with E-state index >= 15 is 0 Å². The van der Waals surface area contributed by atoms with Crippen LogP contribution in [0.1, 0.15) is 24.2 Å². The Labute approximate surface area is 177 Å². The van der Waals surface area contributed by atoms with Crippen LogP contribution in [0.25, 0.3) is 0 Å². The number of morpholine rings is 1. The second kappa shape index (κ2) is 10.8. The van der Waals surface area contributed by atoms with E-state index in [9.17, 15) is 9.59 Å². The molecular formula is C23H30N4O3. The number of urea groups is 1. The lowest BCUT2D eigenvalue weighted by molar-refractivity contribution is -0.0288. The van der Waals surface area contributed by atoms with Crippen LogP contribution in [0.4, 0.5) is 16.2 Å². The van der Waals surface area contributed by atoms with Crippen LogP contribution in [0.2, 0.25) is 0 Å². The molecule has 160 valence electrons. The van der Waals surface area contributed by atoms with E-state index in [1.165, 1.54) is 0 Å². The first-order chi connectivity index (χ1) is 14.5. The van der Waals surface area contributed by atoms with Crippen LogP contribution in [-0.2, 0) is 4.74 Å². The van der Waals surface area contributed by atoms with Crippen LogP contribution < -0.4 is 16.0 Å². The minimum absolute atomic E-state index is 0.00712. The minimum atomic E-state index is -0.291. The Kier molecular flexibility index (Phi) is 7.82. The van der Waals surface area contributed by atoms with Gasteiger partial charge in [-0.3, -0.25) is 9.69 Å². The van der Waals surface area contributed by atoms with Gasteiger partial charge in [0.25, 0.3) is 5.91 Å². The number of ether oxygens (including phenoxy) is 1. The summed E-state index contributed by atoms with van der Waals surface area (Å²) < 4.78 is 5.75. The van der Waals surface area contributed by atoms with E-state index in [4.69, 9.17) is 4.74 Å². The molecule has 1 aliphatic rings. The standard InChI is InChI=1S/C23H30N4O3/c1-17(2)15-27-12-13-30-21(16-27)14-24-23(29)26-20-10-8-18(9-11-20)22(28)25-19-6-4-3-5-7-19/h3-11,17,21H,12-16H2,1-2H3,(H,25,28)(H2,24,26,29). The summed E-state index contributed by atoms with van der Waals surface area (Å²) in [6.07, 6.45) is -0.00712. The molecule has 1 unspecified atom stereocenters. The fourth-order valence-corrected chi connectivity index (χ4v) is 3.40. The van der Waals surface area contributed by atoms with Gasteiger partial charge in [0.05, 0.1) is 12.7 Å². The lowest BCUT2D eigenvalue weighted by Gasteiger charge is -2.33. The summed E-state index contributed by atoms with van der Waals surface area (Å²) in [6.45, 7) is 8.34. The summed E-state index contributed by atoms with van der Waals surface area (Å²) in [4.78, 5) is 26.9. The van der Waals surface area contributed by atoms with Crippen molar-refractivity contribution >= 4 is 23.3 Å². The van der Waals surface area contributed by atoms with Gasteiger partial charge in [0, 0.05) is 43.1 Å². The first-order valence-electron chi connectivity index (χ1n) is 10.3. The van der Waals surface area contributed by atoms with Crippen molar-refractivity contribution in [3.05, 3.63) is 60.2 Å². The Morgan fingerprint density at radius 3 is 2.43 bits per heavy atom. The molecule has 3 N–H and O–H groups in total. The number of rotatable bonds is 7. The van der Waals surface area contributed by atoms with Gasteiger partial charge < -0.3 is 20.7 Å². The summed E-state index contributed by atoms with van der Waals surface area (Å²) in [5.74, 6) is 0.412. The molecule has 0 radical (unpaired) electrons. The van der Waals surface area contributed by atoms with E-state index in [2.05, 4.69) is 34.7 Å². The first kappa shape index (κ1) is 21.8. The van der Waals surface area contributed by atoms with Crippen molar-refractivity contribution in [1.82, 2.24) is 10.2 Å². The molecule has 2 aromatic carbocycles. The predicted molar refractivity (Wildman–Crippen MR) is 119 cm³/mol. The van der Waals surface area contributed by atoms with Crippen LogP contribution in [-0.4, -0.2) is 55.7 Å². The highest BCUT2D eigenvalue weighted by atomic mass is 16.5. The van der Waals surface area contributed by atoms with Gasteiger partial charge in [-0.1, -0.05) is 32.0 Å². The quantitative estimate of drug-likeness (QED) is 0.653. The normalized spacial score (nSPS) is 16.8. The number of hydrogen-bond acceptors (Lipinski definition) is 4. The summed E-state index contributed by atoms with van der Waals surface area (Å²) in [6, 6.07) is 15.8. The van der Waals surface area contributed by atoms with Crippen LogP contribution in [0.3, 0.4) is 0 Å². The molecule has 1 fully saturated rings. The van der Waals surface area contributed by atoms with E-state index in [0.29, 0.717) is 30.3 Å². The third kappa shape index (κ3) is 6.86. The van der Waals surface area contributed by atoms with Gasteiger partial charge in [0.1, 0.15) is 0 Å². The summed E-state index contributed by atoms with van der Waals surface area (Å²) in [5.41, 5.74) is 1.88. The van der Waals surface area contributed by atoms with E-state index < -0.39 is 0 Å². The minimum Gasteiger partial charge on any atom is -0.374 e. The van der Waals surface area contributed by atoms with Gasteiger partial charge in [-0.15, -0.1) is 0 Å². The maximum absolute atomic E-state index is 12.3. The number of anilines is 2. The molecule has 7 nitrogen and oxygen atoms in total. The number of para-hydroxylation sites is 1. The van der Waals surface area contributed by atoms with Gasteiger partial charge >= 0.3 is 6.03 Å². The molecule has 0 saturated carbocycles. The number of nitrogens with zero attached hydrogens (tertiary/aromatic N) is 1. The van der Waals surface area contributed by atoms with Crippen molar-refractivity contribution in [2.45, 2.75) is 20.0 Å². The number of nitrogens with one attached hydrogen (secondary N) is 3. The Balaban J connectivity index is 1.43. The lowest BCUT2D eigenvalue weighted by atomic mass is 10.2. The Hall–Kier alpha value is -2.90. The largest absolute Gasteiger partial charge is 0.374 e. The van der Waals surface area contributed by atoms with E-state index in [1.807, 2.05) is 30.3 Å². The number of amides is 3. The molecule has 1 saturated heterocycles. The maximum Gasteiger partial charge on any atom is 0.319 e. The second-order valence-corrected chi connectivity index (χ2v) is 7.88. The van der Waals surface area contributed by atoms with E-state index in [0.717, 1.165) is 25.3 Å². The molecular weight excluding hydrogens is 380 g/mol. The molecule has 2 aromatic rings. The molecule has 0 bridgehead atoms. The lowest BCUT2D eigenvalue weighted by Crippen LogP contribution is -2.48. The fourth-order valence-electron chi connectivity index (χ4n) is 3.40.